The fraction of sp³-hybridized carbons (Fsp3) is 0.464. The predicted molar refractivity (Wildman–Crippen MR) is 138 cm³/mol. The Labute approximate surface area is 206 Å². The number of rotatable bonds is 6. The molecule has 0 spiro atoms. The minimum atomic E-state index is 0.460. The molecule has 0 saturated carbocycles. The highest BCUT2D eigenvalue weighted by atomic mass is 16.5. The van der Waals surface area contributed by atoms with Gasteiger partial charge in [-0.25, -0.2) is 0 Å². The number of aryl methyl sites for hydroxylation is 1. The molecule has 2 atom stereocenters. The van der Waals surface area contributed by atoms with E-state index < -0.39 is 0 Å². The first kappa shape index (κ1) is 22.1. The lowest BCUT2D eigenvalue weighted by atomic mass is 9.96. The van der Waals surface area contributed by atoms with Crippen LogP contribution in [0.1, 0.15) is 42.5 Å². The number of nitrogens with zero attached hydrogens (tertiary/aromatic N) is 5. The number of benzene rings is 2. The molecule has 6 rings (SSSR count). The maximum absolute atomic E-state index is 9.01. The zero-order chi connectivity index (χ0) is 23.8. The largest absolute Gasteiger partial charge is 0.467 e. The van der Waals surface area contributed by atoms with Gasteiger partial charge in [-0.05, 0) is 49.1 Å². The fourth-order valence-corrected chi connectivity index (χ4v) is 6.14. The van der Waals surface area contributed by atoms with Gasteiger partial charge in [0.25, 0.3) is 0 Å². The van der Waals surface area contributed by atoms with Gasteiger partial charge in [-0.2, -0.15) is 15.2 Å². The fourth-order valence-electron chi connectivity index (χ4n) is 6.14. The van der Waals surface area contributed by atoms with Gasteiger partial charge in [0.15, 0.2) is 0 Å². The van der Waals surface area contributed by atoms with E-state index in [4.69, 9.17) is 20.0 Å². The van der Waals surface area contributed by atoms with Crippen molar-refractivity contribution in [3.63, 3.8) is 0 Å². The van der Waals surface area contributed by atoms with Gasteiger partial charge in [-0.3, -0.25) is 0 Å². The summed E-state index contributed by atoms with van der Waals surface area (Å²) in [6, 6.07) is 16.9. The van der Waals surface area contributed by atoms with Crippen LogP contribution in [0.4, 0.5) is 11.5 Å². The van der Waals surface area contributed by atoms with Crippen LogP contribution < -0.4 is 19.9 Å². The number of ether oxygens (including phenoxy) is 1. The zero-order valence-electron chi connectivity index (χ0n) is 20.3. The summed E-state index contributed by atoms with van der Waals surface area (Å²) in [6.45, 7) is 3.68. The maximum Gasteiger partial charge on any atom is 0.318 e. The summed E-state index contributed by atoms with van der Waals surface area (Å²) in [5.74, 6) is 1.07. The van der Waals surface area contributed by atoms with Gasteiger partial charge in [0, 0.05) is 54.8 Å². The van der Waals surface area contributed by atoms with Crippen molar-refractivity contribution in [1.82, 2.24) is 15.3 Å². The molecule has 2 aromatic carbocycles. The highest BCUT2D eigenvalue weighted by molar-refractivity contribution is 5.97. The molecule has 4 heterocycles. The standard InChI is InChI=1S/C28H32N6O/c1-35-28-31-24-18-33(15-13-23(24)27(32-28)34-16-21-11-12-22(17-34)30-21)25-10-5-9-20-8-4-7-19(26(20)25)6-2-3-14-29/h4-5,7-10,21-22,30H,2-3,6,11-13,15-18H2,1H3. The third kappa shape index (κ3) is 4.17. The molecule has 0 aliphatic carbocycles. The van der Waals surface area contributed by atoms with Crippen molar-refractivity contribution in [2.75, 3.05) is 36.5 Å². The Balaban J connectivity index is 1.35. The molecule has 2 unspecified atom stereocenters. The summed E-state index contributed by atoms with van der Waals surface area (Å²) >= 11 is 0. The van der Waals surface area contributed by atoms with E-state index in [1.54, 1.807) is 7.11 Å². The third-order valence-corrected chi connectivity index (χ3v) is 7.77. The number of unbranched alkanes of at least 4 members (excludes halogenated alkanes) is 1. The van der Waals surface area contributed by atoms with E-state index in [2.05, 4.69) is 57.6 Å². The van der Waals surface area contributed by atoms with Crippen LogP contribution in [0, 0.1) is 11.3 Å². The first-order valence-corrected chi connectivity index (χ1v) is 12.8. The number of hydrogen-bond acceptors (Lipinski definition) is 7. The van der Waals surface area contributed by atoms with Gasteiger partial charge in [-0.1, -0.05) is 30.3 Å². The second kappa shape index (κ2) is 9.35. The van der Waals surface area contributed by atoms with Crippen LogP contribution in [0.5, 0.6) is 6.01 Å². The highest BCUT2D eigenvalue weighted by Gasteiger charge is 2.35. The number of anilines is 2. The summed E-state index contributed by atoms with van der Waals surface area (Å²) in [6.07, 6.45) is 5.79. The zero-order valence-corrected chi connectivity index (χ0v) is 20.3. The molecule has 2 saturated heterocycles. The first-order valence-electron chi connectivity index (χ1n) is 12.8. The number of aromatic nitrogens is 2. The molecule has 0 radical (unpaired) electrons. The average molecular weight is 469 g/mol. The van der Waals surface area contributed by atoms with E-state index in [1.807, 2.05) is 0 Å². The van der Waals surface area contributed by atoms with Crippen LogP contribution in [0.25, 0.3) is 10.8 Å². The van der Waals surface area contributed by atoms with E-state index in [-0.39, 0.29) is 0 Å². The van der Waals surface area contributed by atoms with Gasteiger partial charge in [0.05, 0.1) is 25.4 Å². The monoisotopic (exact) mass is 468 g/mol. The molecule has 1 N–H and O–H groups in total. The van der Waals surface area contributed by atoms with E-state index in [1.165, 1.54) is 40.4 Å². The van der Waals surface area contributed by atoms with Crippen molar-refractivity contribution in [2.24, 2.45) is 0 Å². The number of nitrogens with one attached hydrogen (secondary N) is 1. The van der Waals surface area contributed by atoms with Crippen molar-refractivity contribution in [3.05, 3.63) is 53.2 Å². The molecule has 35 heavy (non-hydrogen) atoms. The van der Waals surface area contributed by atoms with Gasteiger partial charge in [0.2, 0.25) is 0 Å². The Morgan fingerprint density at radius 2 is 1.89 bits per heavy atom. The minimum absolute atomic E-state index is 0.460. The smallest absolute Gasteiger partial charge is 0.318 e. The number of methoxy groups -OCH3 is 1. The van der Waals surface area contributed by atoms with Crippen LogP contribution in [0.2, 0.25) is 0 Å². The summed E-state index contributed by atoms with van der Waals surface area (Å²) in [5.41, 5.74) is 4.91. The molecule has 1 aromatic heterocycles. The summed E-state index contributed by atoms with van der Waals surface area (Å²) in [5, 5.41) is 15.3. The average Bonchev–Trinajstić information content (AvgIpc) is 3.24. The lowest BCUT2D eigenvalue weighted by molar-refractivity contribution is 0.374. The number of nitriles is 1. The van der Waals surface area contributed by atoms with Crippen molar-refractivity contribution in [2.45, 2.75) is 57.2 Å². The van der Waals surface area contributed by atoms with Crippen LogP contribution in [-0.4, -0.2) is 48.8 Å². The quantitative estimate of drug-likeness (QED) is 0.548. The third-order valence-electron chi connectivity index (χ3n) is 7.77. The molecule has 180 valence electrons. The maximum atomic E-state index is 9.01. The van der Waals surface area contributed by atoms with E-state index >= 15 is 0 Å². The van der Waals surface area contributed by atoms with Crippen molar-refractivity contribution in [3.8, 4) is 12.1 Å². The predicted octanol–water partition coefficient (Wildman–Crippen LogP) is 3.99. The lowest BCUT2D eigenvalue weighted by Crippen LogP contribution is -2.52. The van der Waals surface area contributed by atoms with Gasteiger partial charge in [0.1, 0.15) is 5.82 Å². The molecule has 7 nitrogen and oxygen atoms in total. The van der Waals surface area contributed by atoms with Crippen molar-refractivity contribution in [1.29, 1.82) is 5.26 Å². The Hall–Kier alpha value is -3.37. The van der Waals surface area contributed by atoms with Crippen LogP contribution >= 0.6 is 0 Å². The van der Waals surface area contributed by atoms with Crippen LogP contribution in [0.3, 0.4) is 0 Å². The molecule has 0 amide bonds. The van der Waals surface area contributed by atoms with Gasteiger partial charge >= 0.3 is 6.01 Å². The Kier molecular flexibility index (Phi) is 5.91. The van der Waals surface area contributed by atoms with Crippen LogP contribution in [0.15, 0.2) is 36.4 Å². The topological polar surface area (TPSA) is 77.3 Å². The first-order chi connectivity index (χ1) is 17.2. The molecule has 7 heteroatoms. The Morgan fingerprint density at radius 1 is 1.09 bits per heavy atom. The molecule has 3 aromatic rings. The second-order valence-corrected chi connectivity index (χ2v) is 9.98. The molecule has 2 bridgehead atoms. The number of hydrogen-bond donors (Lipinski definition) is 1. The Morgan fingerprint density at radius 3 is 2.66 bits per heavy atom. The highest BCUT2D eigenvalue weighted by Crippen LogP contribution is 2.36. The second-order valence-electron chi connectivity index (χ2n) is 9.98. The van der Waals surface area contributed by atoms with Gasteiger partial charge < -0.3 is 19.9 Å². The summed E-state index contributed by atoms with van der Waals surface area (Å²) < 4.78 is 5.56. The molecular weight excluding hydrogens is 436 g/mol. The van der Waals surface area contributed by atoms with E-state index in [9.17, 15) is 0 Å². The van der Waals surface area contributed by atoms with E-state index in [0.29, 0.717) is 24.5 Å². The Bertz CT molecular complexity index is 1270. The van der Waals surface area contributed by atoms with Crippen molar-refractivity contribution >= 4 is 22.3 Å². The van der Waals surface area contributed by atoms with Crippen LogP contribution in [-0.2, 0) is 19.4 Å². The lowest BCUT2D eigenvalue weighted by Gasteiger charge is -2.37. The molecule has 2 fully saturated rings. The molecular formula is C28H32N6O. The summed E-state index contributed by atoms with van der Waals surface area (Å²) in [4.78, 5) is 14.6. The number of fused-ring (bicyclic) bond motifs is 4. The normalized spacial score (nSPS) is 21.1. The number of piperazine rings is 1. The minimum Gasteiger partial charge on any atom is -0.467 e. The van der Waals surface area contributed by atoms with Gasteiger partial charge in [-0.15, -0.1) is 0 Å². The van der Waals surface area contributed by atoms with E-state index in [0.717, 1.165) is 57.0 Å². The SMILES string of the molecule is COc1nc2c(c(N3CC4CCC(C3)N4)n1)CCN(c1cccc3cccc(CCCC#N)c13)C2. The molecule has 3 aliphatic rings. The molecule has 3 aliphatic heterocycles. The summed E-state index contributed by atoms with van der Waals surface area (Å²) in [7, 11) is 1.66. The van der Waals surface area contributed by atoms with Crippen molar-refractivity contribution < 1.29 is 4.74 Å².